The average molecular weight is 255 g/mol. The molecule has 0 spiro atoms. The van der Waals surface area contributed by atoms with Crippen molar-refractivity contribution in [1.82, 2.24) is 0 Å². The third-order valence-corrected chi connectivity index (χ3v) is 5.06. The van der Waals surface area contributed by atoms with Gasteiger partial charge in [0, 0.05) is 0 Å². The summed E-state index contributed by atoms with van der Waals surface area (Å²) in [7, 11) is 0. The average Bonchev–Trinajstić information content (AvgIpc) is 2.42. The van der Waals surface area contributed by atoms with E-state index in [2.05, 4.69) is 27.7 Å². The lowest BCUT2D eigenvalue weighted by atomic mass is 9.75. The van der Waals surface area contributed by atoms with Crippen molar-refractivity contribution < 1.29 is 0 Å². The highest BCUT2D eigenvalue weighted by molar-refractivity contribution is 4.74. The Hall–Kier alpha value is 0. The molecular formula is C18H38. The first kappa shape index (κ1) is 18.0. The summed E-state index contributed by atoms with van der Waals surface area (Å²) < 4.78 is 0. The maximum atomic E-state index is 2.38. The molecule has 0 aromatic heterocycles. The molecule has 0 radical (unpaired) electrons. The van der Waals surface area contributed by atoms with Gasteiger partial charge in [0.1, 0.15) is 0 Å². The van der Waals surface area contributed by atoms with Crippen molar-refractivity contribution in [2.24, 2.45) is 5.41 Å². The normalized spacial score (nSPS) is 12.0. The molecule has 0 bridgehead atoms. The van der Waals surface area contributed by atoms with E-state index in [1.165, 1.54) is 83.5 Å². The number of hydrogen-bond donors (Lipinski definition) is 0. The van der Waals surface area contributed by atoms with Gasteiger partial charge in [-0.2, -0.15) is 0 Å². The van der Waals surface area contributed by atoms with E-state index >= 15 is 0 Å². The largest absolute Gasteiger partial charge is 0.0654 e. The molecule has 0 atom stereocenters. The first-order chi connectivity index (χ1) is 8.74. The monoisotopic (exact) mass is 254 g/mol. The molecule has 110 valence electrons. The highest BCUT2D eigenvalue weighted by Gasteiger charge is 2.22. The van der Waals surface area contributed by atoms with Gasteiger partial charge in [-0.3, -0.25) is 0 Å². The molecule has 0 aliphatic rings. The Morgan fingerprint density at radius 1 is 0.500 bits per heavy atom. The van der Waals surface area contributed by atoms with E-state index in [0.717, 1.165) is 0 Å². The molecule has 0 aliphatic carbocycles. The van der Waals surface area contributed by atoms with Crippen LogP contribution in [0.3, 0.4) is 0 Å². The van der Waals surface area contributed by atoms with Crippen LogP contribution in [0.1, 0.15) is 111 Å². The molecule has 0 heterocycles. The Kier molecular flexibility index (Phi) is 12.1. The van der Waals surface area contributed by atoms with Gasteiger partial charge in [-0.1, -0.05) is 105 Å². The van der Waals surface area contributed by atoms with Crippen molar-refractivity contribution in [2.45, 2.75) is 111 Å². The van der Waals surface area contributed by atoms with Crippen molar-refractivity contribution in [2.75, 3.05) is 0 Å². The maximum Gasteiger partial charge on any atom is -0.0305 e. The molecule has 0 rings (SSSR count). The number of unbranched alkanes of at least 4 members (excludes halogenated alkanes) is 8. The van der Waals surface area contributed by atoms with Gasteiger partial charge in [0.05, 0.1) is 0 Å². The molecule has 0 amide bonds. The summed E-state index contributed by atoms with van der Waals surface area (Å²) in [5, 5.41) is 0. The second-order valence-corrected chi connectivity index (χ2v) is 6.14. The van der Waals surface area contributed by atoms with Gasteiger partial charge in [0.15, 0.2) is 0 Å². The van der Waals surface area contributed by atoms with Crippen LogP contribution in [-0.4, -0.2) is 0 Å². The van der Waals surface area contributed by atoms with E-state index in [4.69, 9.17) is 0 Å². The Balaban J connectivity index is 3.38. The molecule has 0 N–H and O–H groups in total. The second kappa shape index (κ2) is 12.1. The summed E-state index contributed by atoms with van der Waals surface area (Å²) in [6, 6.07) is 0. The van der Waals surface area contributed by atoms with Crippen LogP contribution >= 0.6 is 0 Å². The lowest BCUT2D eigenvalue weighted by Crippen LogP contribution is -2.17. The van der Waals surface area contributed by atoms with Gasteiger partial charge in [0.2, 0.25) is 0 Å². The van der Waals surface area contributed by atoms with Crippen molar-refractivity contribution in [1.29, 1.82) is 0 Å². The molecule has 0 unspecified atom stereocenters. The third-order valence-electron chi connectivity index (χ3n) is 5.06. The van der Waals surface area contributed by atoms with Crippen LogP contribution in [0.2, 0.25) is 0 Å². The standard InChI is InChI=1S/C18H38/c1-5-9-10-11-12-13-14-15-16-17-18(6-2,7-3)8-4/h5-17H2,1-4H3. The van der Waals surface area contributed by atoms with Crippen LogP contribution in [0.5, 0.6) is 0 Å². The van der Waals surface area contributed by atoms with Crippen molar-refractivity contribution in [3.63, 3.8) is 0 Å². The van der Waals surface area contributed by atoms with E-state index in [1.54, 1.807) is 0 Å². The fourth-order valence-corrected chi connectivity index (χ4v) is 3.09. The summed E-state index contributed by atoms with van der Waals surface area (Å²) in [4.78, 5) is 0. The molecule has 0 aromatic carbocycles. The van der Waals surface area contributed by atoms with Crippen LogP contribution in [0, 0.1) is 5.41 Å². The van der Waals surface area contributed by atoms with E-state index in [0.29, 0.717) is 5.41 Å². The Bertz CT molecular complexity index is 147. The summed E-state index contributed by atoms with van der Waals surface area (Å²) in [6.45, 7) is 9.42. The minimum absolute atomic E-state index is 0.668. The predicted octanol–water partition coefficient (Wildman–Crippen LogP) is 7.12. The zero-order chi connectivity index (χ0) is 13.7. The van der Waals surface area contributed by atoms with Crippen LogP contribution in [0.25, 0.3) is 0 Å². The van der Waals surface area contributed by atoms with Crippen molar-refractivity contribution >= 4 is 0 Å². The molecule has 0 aromatic rings. The molecule has 0 saturated heterocycles. The Labute approximate surface area is 117 Å². The maximum absolute atomic E-state index is 2.38. The van der Waals surface area contributed by atoms with Gasteiger partial charge in [0.25, 0.3) is 0 Å². The van der Waals surface area contributed by atoms with Crippen molar-refractivity contribution in [3.05, 3.63) is 0 Å². The minimum Gasteiger partial charge on any atom is -0.0654 e. The fourth-order valence-electron chi connectivity index (χ4n) is 3.09. The van der Waals surface area contributed by atoms with E-state index in [1.807, 2.05) is 0 Å². The predicted molar refractivity (Wildman–Crippen MR) is 85.2 cm³/mol. The lowest BCUT2D eigenvalue weighted by molar-refractivity contribution is 0.220. The minimum atomic E-state index is 0.668. The fraction of sp³-hybridized carbons (Fsp3) is 1.00. The van der Waals surface area contributed by atoms with Crippen LogP contribution in [0.4, 0.5) is 0 Å². The summed E-state index contributed by atoms with van der Waals surface area (Å²) >= 11 is 0. The SMILES string of the molecule is CCCCCCCCCCCC(CC)(CC)CC. The molecule has 18 heavy (non-hydrogen) atoms. The van der Waals surface area contributed by atoms with Gasteiger partial charge >= 0.3 is 0 Å². The highest BCUT2D eigenvalue weighted by atomic mass is 14.3. The van der Waals surface area contributed by atoms with Crippen LogP contribution in [-0.2, 0) is 0 Å². The Morgan fingerprint density at radius 2 is 0.889 bits per heavy atom. The van der Waals surface area contributed by atoms with Crippen LogP contribution < -0.4 is 0 Å². The molecule has 0 aliphatic heterocycles. The van der Waals surface area contributed by atoms with E-state index in [9.17, 15) is 0 Å². The van der Waals surface area contributed by atoms with Gasteiger partial charge < -0.3 is 0 Å². The first-order valence-corrected chi connectivity index (χ1v) is 8.74. The lowest BCUT2D eigenvalue weighted by Gasteiger charge is -2.30. The third kappa shape index (κ3) is 8.16. The zero-order valence-corrected chi connectivity index (χ0v) is 13.7. The molecule has 0 nitrogen and oxygen atoms in total. The summed E-state index contributed by atoms with van der Waals surface area (Å²) in [5.74, 6) is 0. The summed E-state index contributed by atoms with van der Waals surface area (Å²) in [6.07, 6.45) is 18.7. The first-order valence-electron chi connectivity index (χ1n) is 8.74. The smallest absolute Gasteiger partial charge is 0.0305 e. The van der Waals surface area contributed by atoms with Crippen LogP contribution in [0.15, 0.2) is 0 Å². The van der Waals surface area contributed by atoms with Gasteiger partial charge in [-0.15, -0.1) is 0 Å². The topological polar surface area (TPSA) is 0 Å². The van der Waals surface area contributed by atoms with E-state index in [-0.39, 0.29) is 0 Å². The highest BCUT2D eigenvalue weighted by Crippen LogP contribution is 2.36. The zero-order valence-electron chi connectivity index (χ0n) is 13.7. The Morgan fingerprint density at radius 3 is 1.28 bits per heavy atom. The number of hydrogen-bond acceptors (Lipinski definition) is 0. The second-order valence-electron chi connectivity index (χ2n) is 6.14. The van der Waals surface area contributed by atoms with Gasteiger partial charge in [-0.25, -0.2) is 0 Å². The summed E-state index contributed by atoms with van der Waals surface area (Å²) in [5.41, 5.74) is 0.668. The number of rotatable bonds is 13. The molecule has 0 saturated carbocycles. The quantitative estimate of drug-likeness (QED) is 0.307. The molecule has 0 fully saturated rings. The van der Waals surface area contributed by atoms with Gasteiger partial charge in [-0.05, 0) is 11.8 Å². The van der Waals surface area contributed by atoms with Crippen molar-refractivity contribution in [3.8, 4) is 0 Å². The molecule has 0 heteroatoms. The van der Waals surface area contributed by atoms with E-state index < -0.39 is 0 Å². The molecular weight excluding hydrogens is 216 g/mol.